The van der Waals surface area contributed by atoms with E-state index in [-0.39, 0.29) is 12.3 Å². The van der Waals surface area contributed by atoms with Crippen LogP contribution in [0, 0.1) is 11.3 Å². The van der Waals surface area contributed by atoms with Crippen molar-refractivity contribution in [1.29, 1.82) is 5.26 Å². The third-order valence-corrected chi connectivity index (χ3v) is 4.31. The minimum atomic E-state index is -0.532. The van der Waals surface area contributed by atoms with E-state index in [0.717, 1.165) is 25.9 Å². The molecule has 1 aromatic carbocycles. The monoisotopic (exact) mass is 316 g/mol. The number of hydrogen-bond acceptors (Lipinski definition) is 4. The van der Waals surface area contributed by atoms with Gasteiger partial charge in [0, 0.05) is 25.1 Å². The van der Waals surface area contributed by atoms with Gasteiger partial charge in [-0.25, -0.2) is 0 Å². The average Bonchev–Trinajstić information content (AvgIpc) is 2.88. The van der Waals surface area contributed by atoms with Crippen LogP contribution in [0.15, 0.2) is 18.2 Å². The zero-order valence-electron chi connectivity index (χ0n) is 13.9. The van der Waals surface area contributed by atoms with Crippen LogP contribution in [0.1, 0.15) is 43.6 Å². The summed E-state index contributed by atoms with van der Waals surface area (Å²) < 4.78 is 10.6. The number of amides is 1. The maximum absolute atomic E-state index is 12.6. The lowest BCUT2D eigenvalue weighted by atomic mass is 9.95. The molecule has 1 aromatic rings. The van der Waals surface area contributed by atoms with Crippen molar-refractivity contribution in [3.63, 3.8) is 0 Å². The molecule has 1 heterocycles. The van der Waals surface area contributed by atoms with Gasteiger partial charge in [0.1, 0.15) is 11.5 Å². The third kappa shape index (κ3) is 4.38. The van der Waals surface area contributed by atoms with Crippen LogP contribution in [0.3, 0.4) is 0 Å². The van der Waals surface area contributed by atoms with Gasteiger partial charge in [-0.05, 0) is 31.0 Å². The number of carbonyl (C=O) groups excluding carboxylic acids is 1. The first-order valence-electron chi connectivity index (χ1n) is 8.09. The quantitative estimate of drug-likeness (QED) is 0.837. The van der Waals surface area contributed by atoms with E-state index >= 15 is 0 Å². The summed E-state index contributed by atoms with van der Waals surface area (Å²) in [6.07, 6.45) is 4.63. The summed E-state index contributed by atoms with van der Waals surface area (Å²) in [5, 5.41) is 9.55. The van der Waals surface area contributed by atoms with E-state index in [4.69, 9.17) is 9.47 Å². The minimum absolute atomic E-state index is 0.0447. The van der Waals surface area contributed by atoms with Crippen molar-refractivity contribution >= 4 is 5.91 Å². The lowest BCUT2D eigenvalue weighted by Gasteiger charge is -2.22. The second kappa shape index (κ2) is 8.42. The van der Waals surface area contributed by atoms with Gasteiger partial charge in [-0.15, -0.1) is 0 Å². The highest BCUT2D eigenvalue weighted by molar-refractivity contribution is 5.78. The number of rotatable bonds is 5. The van der Waals surface area contributed by atoms with E-state index in [1.54, 1.807) is 32.4 Å². The first-order valence-corrected chi connectivity index (χ1v) is 8.09. The van der Waals surface area contributed by atoms with Crippen molar-refractivity contribution in [2.24, 2.45) is 0 Å². The molecule has 23 heavy (non-hydrogen) atoms. The lowest BCUT2D eigenvalue weighted by Crippen LogP contribution is -2.32. The molecule has 1 saturated heterocycles. The van der Waals surface area contributed by atoms with E-state index in [9.17, 15) is 10.1 Å². The van der Waals surface area contributed by atoms with Crippen molar-refractivity contribution < 1.29 is 14.3 Å². The van der Waals surface area contributed by atoms with E-state index in [0.29, 0.717) is 17.1 Å². The largest absolute Gasteiger partial charge is 0.497 e. The molecule has 0 saturated carbocycles. The fourth-order valence-electron chi connectivity index (χ4n) is 2.96. The third-order valence-electron chi connectivity index (χ3n) is 4.31. The van der Waals surface area contributed by atoms with Gasteiger partial charge in [-0.1, -0.05) is 12.8 Å². The molecule has 124 valence electrons. The second-order valence-electron chi connectivity index (χ2n) is 5.79. The zero-order chi connectivity index (χ0) is 16.7. The highest BCUT2D eigenvalue weighted by Gasteiger charge is 2.24. The molecule has 0 aliphatic carbocycles. The second-order valence-corrected chi connectivity index (χ2v) is 5.79. The Morgan fingerprint density at radius 1 is 1.22 bits per heavy atom. The van der Waals surface area contributed by atoms with Crippen molar-refractivity contribution in [2.45, 2.75) is 38.0 Å². The zero-order valence-corrected chi connectivity index (χ0v) is 13.9. The molecule has 0 aromatic heterocycles. The van der Waals surface area contributed by atoms with Gasteiger partial charge < -0.3 is 14.4 Å². The van der Waals surface area contributed by atoms with E-state index < -0.39 is 5.92 Å². The summed E-state index contributed by atoms with van der Waals surface area (Å²) in [5.41, 5.74) is 0.706. The molecule has 0 spiro atoms. The van der Waals surface area contributed by atoms with Crippen molar-refractivity contribution in [3.8, 4) is 17.6 Å². The molecule has 5 nitrogen and oxygen atoms in total. The Bertz CT molecular complexity index is 572. The van der Waals surface area contributed by atoms with E-state index in [1.165, 1.54) is 12.8 Å². The summed E-state index contributed by atoms with van der Waals surface area (Å²) >= 11 is 0. The smallest absolute Gasteiger partial charge is 0.224 e. The number of hydrogen-bond donors (Lipinski definition) is 0. The number of nitrogens with zero attached hydrogens (tertiary/aromatic N) is 2. The summed E-state index contributed by atoms with van der Waals surface area (Å²) in [6, 6.07) is 7.58. The molecular weight excluding hydrogens is 292 g/mol. The molecule has 1 fully saturated rings. The fourth-order valence-corrected chi connectivity index (χ4v) is 2.96. The van der Waals surface area contributed by atoms with Gasteiger partial charge in [0.05, 0.1) is 26.2 Å². The normalized spacial score (nSPS) is 16.1. The molecule has 0 radical (unpaired) electrons. The first kappa shape index (κ1) is 17.1. The number of ether oxygens (including phenoxy) is 2. The molecule has 1 aliphatic rings. The van der Waals surface area contributed by atoms with Gasteiger partial charge in [-0.2, -0.15) is 5.26 Å². The Balaban J connectivity index is 2.16. The van der Waals surface area contributed by atoms with Crippen LogP contribution in [0.5, 0.6) is 11.5 Å². The predicted octanol–water partition coefficient (Wildman–Crippen LogP) is 3.10. The Labute approximate surface area is 137 Å². The molecule has 2 rings (SSSR count). The number of likely N-dealkylation sites (tertiary alicyclic amines) is 1. The Morgan fingerprint density at radius 3 is 2.48 bits per heavy atom. The van der Waals surface area contributed by atoms with Crippen molar-refractivity contribution in [1.82, 2.24) is 4.90 Å². The predicted molar refractivity (Wildman–Crippen MR) is 87.6 cm³/mol. The molecule has 1 atom stereocenters. The van der Waals surface area contributed by atoms with Gasteiger partial charge in [0.25, 0.3) is 0 Å². The summed E-state index contributed by atoms with van der Waals surface area (Å²) in [4.78, 5) is 14.4. The minimum Gasteiger partial charge on any atom is -0.497 e. The van der Waals surface area contributed by atoms with Gasteiger partial charge in [-0.3, -0.25) is 4.79 Å². The number of nitriles is 1. The topological polar surface area (TPSA) is 62.6 Å². The van der Waals surface area contributed by atoms with Crippen LogP contribution in [0.25, 0.3) is 0 Å². The summed E-state index contributed by atoms with van der Waals surface area (Å²) in [5.74, 6) is 0.781. The van der Waals surface area contributed by atoms with Crippen LogP contribution in [0.4, 0.5) is 0 Å². The Morgan fingerprint density at radius 2 is 1.91 bits per heavy atom. The standard InChI is InChI=1S/C18H24N2O3/c1-22-15-7-8-17(23-2)16(12-15)14(13-19)11-18(21)20-9-5-3-4-6-10-20/h7-8,12,14H,3-6,9-11H2,1-2H3. The van der Waals surface area contributed by atoms with Crippen molar-refractivity contribution in [3.05, 3.63) is 23.8 Å². The molecular formula is C18H24N2O3. The van der Waals surface area contributed by atoms with Crippen LogP contribution in [0.2, 0.25) is 0 Å². The van der Waals surface area contributed by atoms with Gasteiger partial charge >= 0.3 is 0 Å². The van der Waals surface area contributed by atoms with E-state index in [2.05, 4.69) is 6.07 Å². The van der Waals surface area contributed by atoms with Gasteiger partial charge in [0.15, 0.2) is 0 Å². The molecule has 1 unspecified atom stereocenters. The molecule has 0 N–H and O–H groups in total. The number of benzene rings is 1. The van der Waals surface area contributed by atoms with E-state index in [1.807, 2.05) is 4.90 Å². The van der Waals surface area contributed by atoms with Crippen LogP contribution in [-0.2, 0) is 4.79 Å². The highest BCUT2D eigenvalue weighted by atomic mass is 16.5. The lowest BCUT2D eigenvalue weighted by molar-refractivity contribution is -0.131. The van der Waals surface area contributed by atoms with Crippen molar-refractivity contribution in [2.75, 3.05) is 27.3 Å². The molecule has 0 bridgehead atoms. The maximum Gasteiger partial charge on any atom is 0.224 e. The highest BCUT2D eigenvalue weighted by Crippen LogP contribution is 2.32. The maximum atomic E-state index is 12.6. The van der Waals surface area contributed by atoms with Crippen LogP contribution < -0.4 is 9.47 Å². The first-order chi connectivity index (χ1) is 11.2. The number of carbonyl (C=O) groups is 1. The molecule has 1 aliphatic heterocycles. The SMILES string of the molecule is COc1ccc(OC)c(C(C#N)CC(=O)N2CCCCCC2)c1. The molecule has 5 heteroatoms. The van der Waals surface area contributed by atoms with Gasteiger partial charge in [0.2, 0.25) is 5.91 Å². The average molecular weight is 316 g/mol. The fraction of sp³-hybridized carbons (Fsp3) is 0.556. The van der Waals surface area contributed by atoms with Crippen LogP contribution >= 0.6 is 0 Å². The summed E-state index contributed by atoms with van der Waals surface area (Å²) in [7, 11) is 3.14. The molecule has 1 amide bonds. The van der Waals surface area contributed by atoms with Crippen LogP contribution in [-0.4, -0.2) is 38.1 Å². The Kier molecular flexibility index (Phi) is 6.28. The summed E-state index contributed by atoms with van der Waals surface area (Å²) in [6.45, 7) is 1.60. The Hall–Kier alpha value is -2.22. The number of methoxy groups -OCH3 is 2.